The first-order valence-electron chi connectivity index (χ1n) is 8.00. The summed E-state index contributed by atoms with van der Waals surface area (Å²) in [7, 11) is 0. The van der Waals surface area contributed by atoms with Crippen molar-refractivity contribution in [1.29, 1.82) is 0 Å². The molecule has 2 aliphatic rings. The van der Waals surface area contributed by atoms with Crippen molar-refractivity contribution >= 4 is 0 Å². The van der Waals surface area contributed by atoms with E-state index in [0.717, 1.165) is 32.1 Å². The summed E-state index contributed by atoms with van der Waals surface area (Å²) in [5.74, 6) is 0.942. The molecular weight excluding hydrogens is 236 g/mol. The zero-order valence-electron chi connectivity index (χ0n) is 13.3. The Morgan fingerprint density at radius 2 is 1.63 bits per heavy atom. The van der Waals surface area contributed by atoms with Crippen LogP contribution in [0.15, 0.2) is 0 Å². The number of ether oxygens (including phenoxy) is 1. The minimum Gasteiger partial charge on any atom is -0.367 e. The van der Waals surface area contributed by atoms with Crippen molar-refractivity contribution in [2.75, 3.05) is 32.7 Å². The van der Waals surface area contributed by atoms with Crippen LogP contribution < -0.4 is 5.32 Å². The number of hydrogen-bond acceptors (Lipinski definition) is 3. The monoisotopic (exact) mass is 268 g/mol. The van der Waals surface area contributed by atoms with E-state index in [1.165, 1.54) is 32.2 Å². The molecule has 0 aromatic carbocycles. The Labute approximate surface area is 119 Å². The van der Waals surface area contributed by atoms with E-state index >= 15 is 0 Å². The van der Waals surface area contributed by atoms with Crippen molar-refractivity contribution < 1.29 is 4.74 Å². The molecule has 0 spiro atoms. The van der Waals surface area contributed by atoms with Crippen LogP contribution in [0.3, 0.4) is 0 Å². The first-order chi connectivity index (χ1) is 8.86. The van der Waals surface area contributed by atoms with Gasteiger partial charge in [-0.05, 0) is 53.0 Å². The maximum atomic E-state index is 6.12. The Bertz CT molecular complexity index is 266. The summed E-state index contributed by atoms with van der Waals surface area (Å²) in [6.45, 7) is 14.4. The lowest BCUT2D eigenvalue weighted by Gasteiger charge is -2.47. The van der Waals surface area contributed by atoms with Crippen LogP contribution in [-0.2, 0) is 4.74 Å². The number of rotatable bonds is 5. The predicted molar refractivity (Wildman–Crippen MR) is 80.5 cm³/mol. The molecule has 112 valence electrons. The molecule has 3 nitrogen and oxygen atoms in total. The summed E-state index contributed by atoms with van der Waals surface area (Å²) in [6.07, 6.45) is 5.76. The third-order valence-electron chi connectivity index (χ3n) is 4.27. The van der Waals surface area contributed by atoms with Crippen molar-refractivity contribution in [2.45, 2.75) is 64.6 Å². The highest BCUT2D eigenvalue weighted by atomic mass is 16.5. The second kappa shape index (κ2) is 6.11. The molecule has 1 N–H and O–H groups in total. The van der Waals surface area contributed by atoms with Crippen LogP contribution in [0.5, 0.6) is 0 Å². The van der Waals surface area contributed by atoms with Crippen LogP contribution in [0.25, 0.3) is 0 Å². The summed E-state index contributed by atoms with van der Waals surface area (Å²) < 4.78 is 6.12. The Kier molecular flexibility index (Phi) is 4.91. The minimum atomic E-state index is -0.0206. The highest BCUT2D eigenvalue weighted by Gasteiger charge is 2.37. The Hall–Kier alpha value is -0.120. The molecule has 0 bridgehead atoms. The van der Waals surface area contributed by atoms with Gasteiger partial charge in [-0.15, -0.1) is 0 Å². The van der Waals surface area contributed by atoms with Gasteiger partial charge in [-0.1, -0.05) is 12.8 Å². The molecule has 1 saturated heterocycles. The summed E-state index contributed by atoms with van der Waals surface area (Å²) in [6, 6.07) is 0. The van der Waals surface area contributed by atoms with E-state index in [9.17, 15) is 0 Å². The first-order valence-corrected chi connectivity index (χ1v) is 8.00. The quantitative estimate of drug-likeness (QED) is 0.776. The summed E-state index contributed by atoms with van der Waals surface area (Å²) in [4.78, 5) is 2.55. The third kappa shape index (κ3) is 5.05. The Morgan fingerprint density at radius 1 is 1.05 bits per heavy atom. The fourth-order valence-corrected chi connectivity index (χ4v) is 3.86. The second-order valence-corrected chi connectivity index (χ2v) is 7.69. The fourth-order valence-electron chi connectivity index (χ4n) is 3.86. The molecule has 0 amide bonds. The van der Waals surface area contributed by atoms with E-state index in [4.69, 9.17) is 4.74 Å². The number of hydrogen-bond donors (Lipinski definition) is 1. The van der Waals surface area contributed by atoms with Gasteiger partial charge in [0.25, 0.3) is 0 Å². The van der Waals surface area contributed by atoms with E-state index in [0.29, 0.717) is 0 Å². The van der Waals surface area contributed by atoms with Gasteiger partial charge in [0.05, 0.1) is 11.2 Å². The zero-order chi connectivity index (χ0) is 13.9. The maximum absolute atomic E-state index is 6.12. The molecule has 0 atom stereocenters. The van der Waals surface area contributed by atoms with Gasteiger partial charge in [0.15, 0.2) is 0 Å². The molecule has 1 aliphatic carbocycles. The predicted octanol–water partition coefficient (Wildman–Crippen LogP) is 2.66. The molecule has 0 aromatic heterocycles. The van der Waals surface area contributed by atoms with Gasteiger partial charge in [-0.2, -0.15) is 0 Å². The van der Waals surface area contributed by atoms with Crippen LogP contribution in [0.4, 0.5) is 0 Å². The fraction of sp³-hybridized carbons (Fsp3) is 1.00. The normalized spacial score (nSPS) is 27.8. The standard InChI is InChI=1S/C16H32N2O/c1-15(2)12-18(13-16(3,4)19-15)10-9-17-11-14-7-5-6-8-14/h14,17H,5-13H2,1-4H3. The minimum absolute atomic E-state index is 0.0206. The molecule has 2 rings (SSSR count). The second-order valence-electron chi connectivity index (χ2n) is 7.69. The lowest BCUT2D eigenvalue weighted by atomic mass is 9.99. The lowest BCUT2D eigenvalue weighted by molar-refractivity contribution is -0.180. The molecule has 1 heterocycles. The maximum Gasteiger partial charge on any atom is 0.0760 e. The van der Waals surface area contributed by atoms with Gasteiger partial charge in [-0.25, -0.2) is 0 Å². The van der Waals surface area contributed by atoms with Crippen LogP contribution in [0.1, 0.15) is 53.4 Å². The zero-order valence-corrected chi connectivity index (χ0v) is 13.3. The van der Waals surface area contributed by atoms with Crippen LogP contribution in [0.2, 0.25) is 0 Å². The van der Waals surface area contributed by atoms with Gasteiger partial charge < -0.3 is 10.1 Å². The number of nitrogens with one attached hydrogen (secondary N) is 1. The smallest absolute Gasteiger partial charge is 0.0760 e. The van der Waals surface area contributed by atoms with E-state index in [-0.39, 0.29) is 11.2 Å². The number of morpholine rings is 1. The molecule has 0 aromatic rings. The van der Waals surface area contributed by atoms with E-state index in [1.54, 1.807) is 0 Å². The summed E-state index contributed by atoms with van der Waals surface area (Å²) in [5.41, 5.74) is -0.0413. The molecular formula is C16H32N2O. The van der Waals surface area contributed by atoms with Crippen LogP contribution >= 0.6 is 0 Å². The van der Waals surface area contributed by atoms with E-state index in [1.807, 2.05) is 0 Å². The molecule has 3 heteroatoms. The number of nitrogens with zero attached hydrogens (tertiary/aromatic N) is 1. The van der Waals surface area contributed by atoms with Crippen molar-refractivity contribution in [2.24, 2.45) is 5.92 Å². The molecule has 19 heavy (non-hydrogen) atoms. The molecule has 0 unspecified atom stereocenters. The Balaban J connectivity index is 1.67. The topological polar surface area (TPSA) is 24.5 Å². The van der Waals surface area contributed by atoms with Crippen molar-refractivity contribution in [3.63, 3.8) is 0 Å². The summed E-state index contributed by atoms with van der Waals surface area (Å²) >= 11 is 0. The van der Waals surface area contributed by atoms with Gasteiger partial charge in [0.1, 0.15) is 0 Å². The molecule has 1 saturated carbocycles. The molecule has 0 radical (unpaired) electrons. The van der Waals surface area contributed by atoms with E-state index in [2.05, 4.69) is 37.9 Å². The van der Waals surface area contributed by atoms with Crippen LogP contribution in [0, 0.1) is 5.92 Å². The van der Waals surface area contributed by atoms with Crippen molar-refractivity contribution in [3.05, 3.63) is 0 Å². The van der Waals surface area contributed by atoms with Crippen molar-refractivity contribution in [1.82, 2.24) is 10.2 Å². The van der Waals surface area contributed by atoms with Gasteiger partial charge in [-0.3, -0.25) is 4.90 Å². The highest BCUT2D eigenvalue weighted by molar-refractivity contribution is 4.89. The highest BCUT2D eigenvalue weighted by Crippen LogP contribution is 2.27. The largest absolute Gasteiger partial charge is 0.367 e. The first kappa shape index (κ1) is 15.3. The van der Waals surface area contributed by atoms with Crippen molar-refractivity contribution in [3.8, 4) is 0 Å². The van der Waals surface area contributed by atoms with Crippen LogP contribution in [-0.4, -0.2) is 48.8 Å². The van der Waals surface area contributed by atoms with Gasteiger partial charge in [0.2, 0.25) is 0 Å². The van der Waals surface area contributed by atoms with Gasteiger partial charge in [0, 0.05) is 26.2 Å². The molecule has 1 aliphatic heterocycles. The average Bonchev–Trinajstić information content (AvgIpc) is 2.72. The summed E-state index contributed by atoms with van der Waals surface area (Å²) in [5, 5.41) is 3.65. The van der Waals surface area contributed by atoms with Gasteiger partial charge >= 0.3 is 0 Å². The molecule has 2 fully saturated rings. The Morgan fingerprint density at radius 3 is 2.21 bits per heavy atom. The lowest BCUT2D eigenvalue weighted by Crippen LogP contribution is -2.58. The average molecular weight is 268 g/mol. The van der Waals surface area contributed by atoms with E-state index < -0.39 is 0 Å². The third-order valence-corrected chi connectivity index (χ3v) is 4.27. The SMILES string of the molecule is CC1(C)CN(CCNCC2CCCC2)CC(C)(C)O1.